The first-order valence-corrected chi connectivity index (χ1v) is 17.1. The van der Waals surface area contributed by atoms with Crippen molar-refractivity contribution < 1.29 is 23.7 Å². The second-order valence-corrected chi connectivity index (χ2v) is 12.4. The highest BCUT2D eigenvalue weighted by atomic mass is 16.5. The summed E-state index contributed by atoms with van der Waals surface area (Å²) in [6.07, 6.45) is 5.38. The Kier molecular flexibility index (Phi) is 11.7. The third kappa shape index (κ3) is 9.93. The maximum Gasteiger partial charge on any atom is 0.131 e. The lowest BCUT2D eigenvalue weighted by molar-refractivity contribution is 0.414. The smallest absolute Gasteiger partial charge is 0.131 e. The molecule has 6 rings (SSSR count). The van der Waals surface area contributed by atoms with Crippen molar-refractivity contribution in [2.45, 2.75) is 38.5 Å². The highest BCUT2D eigenvalue weighted by molar-refractivity contribution is 5.45. The van der Waals surface area contributed by atoms with Crippen LogP contribution < -0.4 is 23.7 Å². The summed E-state index contributed by atoms with van der Waals surface area (Å²) in [4.78, 5) is 0. The molecule has 0 radical (unpaired) electrons. The van der Waals surface area contributed by atoms with Gasteiger partial charge in [0.15, 0.2) is 0 Å². The Balaban J connectivity index is 1.18. The molecule has 5 nitrogen and oxygen atoms in total. The Morgan fingerprint density at radius 2 is 0.620 bits per heavy atom. The molecule has 0 N–H and O–H groups in total. The molecule has 5 heteroatoms. The van der Waals surface area contributed by atoms with Crippen LogP contribution in [-0.2, 0) is 38.5 Å². The number of hydrogen-bond acceptors (Lipinski definition) is 5. The fraction of sp³-hybridized carbons (Fsp3) is 0.200. The summed E-state index contributed by atoms with van der Waals surface area (Å²) in [5, 5.41) is 0. The molecule has 0 aliphatic carbocycles. The molecule has 0 saturated carbocycles. The van der Waals surface area contributed by atoms with Crippen LogP contribution in [0.4, 0.5) is 0 Å². The van der Waals surface area contributed by atoms with E-state index in [1.165, 1.54) is 27.8 Å². The minimum absolute atomic E-state index is 0.742. The van der Waals surface area contributed by atoms with Crippen LogP contribution in [-0.4, -0.2) is 21.3 Å². The normalized spacial score (nSPS) is 10.8. The Hall–Kier alpha value is -5.68. The second kappa shape index (κ2) is 17.1. The zero-order valence-electron chi connectivity index (χ0n) is 29.1. The lowest BCUT2D eigenvalue weighted by Crippen LogP contribution is -1.96. The molecule has 0 amide bonds. The summed E-state index contributed by atoms with van der Waals surface area (Å²) in [6, 6.07) is 47.6. The van der Waals surface area contributed by atoms with Gasteiger partial charge in [0.05, 0.1) is 21.3 Å². The molecule has 0 aliphatic heterocycles. The number of benzene rings is 6. The molecular weight excluding hydrogens is 620 g/mol. The molecule has 0 unspecified atom stereocenters. The lowest BCUT2D eigenvalue weighted by Gasteiger charge is -2.14. The van der Waals surface area contributed by atoms with Gasteiger partial charge in [-0.2, -0.15) is 0 Å². The molecule has 6 aromatic rings. The fourth-order valence-corrected chi connectivity index (χ4v) is 5.97. The van der Waals surface area contributed by atoms with E-state index in [1.54, 1.807) is 21.3 Å². The van der Waals surface area contributed by atoms with Gasteiger partial charge in [-0.15, -0.1) is 0 Å². The van der Waals surface area contributed by atoms with E-state index in [-0.39, 0.29) is 0 Å². The van der Waals surface area contributed by atoms with Crippen LogP contribution in [0.3, 0.4) is 0 Å². The van der Waals surface area contributed by atoms with Crippen LogP contribution in [0.5, 0.6) is 40.2 Å². The van der Waals surface area contributed by atoms with E-state index >= 15 is 0 Å². The average Bonchev–Trinajstić information content (AvgIpc) is 3.16. The molecule has 0 saturated heterocycles. The van der Waals surface area contributed by atoms with Crippen LogP contribution in [0.15, 0.2) is 140 Å². The molecular formula is C45H44O5. The number of ether oxygens (including phenoxy) is 5. The van der Waals surface area contributed by atoms with Gasteiger partial charge >= 0.3 is 0 Å². The van der Waals surface area contributed by atoms with Crippen molar-refractivity contribution in [1.29, 1.82) is 0 Å². The van der Waals surface area contributed by atoms with Gasteiger partial charge in [0.2, 0.25) is 0 Å². The van der Waals surface area contributed by atoms with Crippen molar-refractivity contribution in [3.05, 3.63) is 173 Å². The minimum atomic E-state index is 0.742. The molecule has 0 aliphatic rings. The number of methoxy groups -OCH3 is 3. The number of hydrogen-bond donors (Lipinski definition) is 0. The number of rotatable bonds is 16. The summed E-state index contributed by atoms with van der Waals surface area (Å²) in [7, 11) is 5.08. The van der Waals surface area contributed by atoms with E-state index in [2.05, 4.69) is 84.9 Å². The molecule has 0 bridgehead atoms. The largest absolute Gasteiger partial charge is 0.497 e. The van der Waals surface area contributed by atoms with Gasteiger partial charge in [0.25, 0.3) is 0 Å². The first-order valence-electron chi connectivity index (χ1n) is 17.1. The standard InChI is InChI=1S/C45H44O5/c1-46-39-23-19-33(20-24-39)13-15-36-8-5-11-42(28-36)49-44-30-38(18-17-35-7-4-10-41(27-35)48-3)31-45(32-44)50-43-12-6-9-37(29-43)16-14-34-21-25-40(47-2)26-22-34/h4-12,19-32H,13-18H2,1-3H3. The Morgan fingerprint density at radius 3 is 1.04 bits per heavy atom. The molecule has 50 heavy (non-hydrogen) atoms. The minimum Gasteiger partial charge on any atom is -0.497 e. The van der Waals surface area contributed by atoms with Crippen LogP contribution in [0.25, 0.3) is 0 Å². The van der Waals surface area contributed by atoms with Crippen molar-refractivity contribution in [3.63, 3.8) is 0 Å². The van der Waals surface area contributed by atoms with Gasteiger partial charge in [-0.25, -0.2) is 0 Å². The van der Waals surface area contributed by atoms with Crippen molar-refractivity contribution >= 4 is 0 Å². The van der Waals surface area contributed by atoms with Crippen molar-refractivity contribution in [1.82, 2.24) is 0 Å². The zero-order valence-corrected chi connectivity index (χ0v) is 29.1. The average molecular weight is 665 g/mol. The quantitative estimate of drug-likeness (QED) is 0.103. The van der Waals surface area contributed by atoms with Gasteiger partial charge in [-0.05, 0) is 145 Å². The Labute approximate surface area is 296 Å². The fourth-order valence-electron chi connectivity index (χ4n) is 5.97. The van der Waals surface area contributed by atoms with Crippen LogP contribution in [0.2, 0.25) is 0 Å². The summed E-state index contributed by atoms with van der Waals surface area (Å²) >= 11 is 0. The highest BCUT2D eigenvalue weighted by Gasteiger charge is 2.09. The maximum atomic E-state index is 6.51. The third-order valence-electron chi connectivity index (χ3n) is 8.77. The summed E-state index contributed by atoms with van der Waals surface area (Å²) in [5.74, 6) is 5.69. The van der Waals surface area contributed by atoms with Crippen LogP contribution in [0, 0.1) is 0 Å². The summed E-state index contributed by atoms with van der Waals surface area (Å²) < 4.78 is 29.1. The van der Waals surface area contributed by atoms with E-state index < -0.39 is 0 Å². The predicted octanol–water partition coefficient (Wildman–Crippen LogP) is 10.7. The molecule has 0 atom stereocenters. The maximum absolute atomic E-state index is 6.51. The topological polar surface area (TPSA) is 46.2 Å². The summed E-state index contributed by atoms with van der Waals surface area (Å²) in [5.41, 5.74) is 7.32. The van der Waals surface area contributed by atoms with E-state index in [0.29, 0.717) is 0 Å². The first kappa shape index (κ1) is 34.2. The van der Waals surface area contributed by atoms with Gasteiger partial charge in [0, 0.05) is 6.07 Å². The van der Waals surface area contributed by atoms with Gasteiger partial charge < -0.3 is 23.7 Å². The monoisotopic (exact) mass is 664 g/mol. The van der Waals surface area contributed by atoms with E-state index in [9.17, 15) is 0 Å². The van der Waals surface area contributed by atoms with E-state index in [1.807, 2.05) is 54.6 Å². The van der Waals surface area contributed by atoms with Crippen molar-refractivity contribution in [3.8, 4) is 40.2 Å². The lowest BCUT2D eigenvalue weighted by atomic mass is 10.0. The van der Waals surface area contributed by atoms with Gasteiger partial charge in [0.1, 0.15) is 40.2 Å². The zero-order chi connectivity index (χ0) is 34.5. The van der Waals surface area contributed by atoms with Gasteiger partial charge in [-0.1, -0.05) is 60.7 Å². The Bertz CT molecular complexity index is 1850. The first-order chi connectivity index (χ1) is 24.5. The number of aryl methyl sites for hydroxylation is 6. The molecule has 254 valence electrons. The van der Waals surface area contributed by atoms with Crippen molar-refractivity contribution in [2.75, 3.05) is 21.3 Å². The molecule has 0 spiro atoms. The molecule has 6 aromatic carbocycles. The van der Waals surface area contributed by atoms with Gasteiger partial charge in [-0.3, -0.25) is 0 Å². The second-order valence-electron chi connectivity index (χ2n) is 12.4. The highest BCUT2D eigenvalue weighted by Crippen LogP contribution is 2.32. The van der Waals surface area contributed by atoms with E-state index in [4.69, 9.17) is 23.7 Å². The SMILES string of the molecule is COc1ccc(CCc2cccc(Oc3cc(CCc4cccc(OC)c4)cc(Oc4cccc(CCc5ccc(OC)cc5)c4)c3)c2)cc1. The summed E-state index contributed by atoms with van der Waals surface area (Å²) in [6.45, 7) is 0. The van der Waals surface area contributed by atoms with E-state index in [0.717, 1.165) is 84.3 Å². The van der Waals surface area contributed by atoms with Crippen LogP contribution in [0.1, 0.15) is 33.4 Å². The third-order valence-corrected chi connectivity index (χ3v) is 8.77. The molecule has 0 fully saturated rings. The molecule has 0 aromatic heterocycles. The molecule has 0 heterocycles. The predicted molar refractivity (Wildman–Crippen MR) is 201 cm³/mol. The van der Waals surface area contributed by atoms with Crippen LogP contribution >= 0.6 is 0 Å². The van der Waals surface area contributed by atoms with Crippen molar-refractivity contribution in [2.24, 2.45) is 0 Å². The Morgan fingerprint density at radius 1 is 0.280 bits per heavy atom.